The van der Waals surface area contributed by atoms with Crippen LogP contribution in [0.2, 0.25) is 5.02 Å². The van der Waals surface area contributed by atoms with Crippen LogP contribution in [0.5, 0.6) is 5.75 Å². The number of nitrogens with one attached hydrogen (secondary N) is 1. The highest BCUT2D eigenvalue weighted by molar-refractivity contribution is 7.15. The van der Waals surface area contributed by atoms with Crippen molar-refractivity contribution >= 4 is 34.0 Å². The number of hydrogen-bond donors (Lipinski definition) is 2. The maximum absolute atomic E-state index is 11.9. The highest BCUT2D eigenvalue weighted by Gasteiger charge is 2.13. The van der Waals surface area contributed by atoms with Crippen molar-refractivity contribution in [1.29, 1.82) is 0 Å². The maximum atomic E-state index is 11.9. The largest absolute Gasteiger partial charge is 0.506 e. The van der Waals surface area contributed by atoms with E-state index in [1.807, 2.05) is 13.8 Å². The van der Waals surface area contributed by atoms with Crippen LogP contribution in [0.4, 0.5) is 5.13 Å². The Morgan fingerprint density at radius 3 is 2.74 bits per heavy atom. The van der Waals surface area contributed by atoms with E-state index in [0.717, 1.165) is 5.01 Å². The summed E-state index contributed by atoms with van der Waals surface area (Å²) >= 11 is 7.09. The molecule has 2 aromatic rings. The Labute approximate surface area is 119 Å². The lowest BCUT2D eigenvalue weighted by Gasteiger charge is -2.02. The zero-order valence-corrected chi connectivity index (χ0v) is 11.9. The van der Waals surface area contributed by atoms with Crippen LogP contribution < -0.4 is 5.32 Å². The van der Waals surface area contributed by atoms with E-state index in [0.29, 0.717) is 10.7 Å². The van der Waals surface area contributed by atoms with Crippen LogP contribution in [0.1, 0.15) is 35.1 Å². The molecule has 100 valence electrons. The van der Waals surface area contributed by atoms with Crippen LogP contribution in [-0.2, 0) is 0 Å². The second-order valence-corrected chi connectivity index (χ2v) is 5.64. The Hall–Kier alpha value is -1.66. The number of anilines is 1. The minimum Gasteiger partial charge on any atom is -0.506 e. The fourth-order valence-electron chi connectivity index (χ4n) is 1.34. The highest BCUT2D eigenvalue weighted by atomic mass is 35.5. The molecule has 0 aliphatic rings. The van der Waals surface area contributed by atoms with Gasteiger partial charge in [-0.1, -0.05) is 36.8 Å². The van der Waals surface area contributed by atoms with Gasteiger partial charge in [0.1, 0.15) is 10.8 Å². The molecule has 1 aromatic carbocycles. The number of aromatic hydroxyl groups is 1. The van der Waals surface area contributed by atoms with E-state index in [4.69, 9.17) is 11.6 Å². The number of hydrogen-bond acceptors (Lipinski definition) is 5. The first-order chi connectivity index (χ1) is 8.97. The van der Waals surface area contributed by atoms with Gasteiger partial charge in [0, 0.05) is 11.5 Å². The average Bonchev–Trinajstić information content (AvgIpc) is 2.81. The van der Waals surface area contributed by atoms with Gasteiger partial charge in [0.2, 0.25) is 5.13 Å². The molecule has 1 amide bonds. The smallest absolute Gasteiger partial charge is 0.257 e. The lowest BCUT2D eigenvalue weighted by atomic mass is 10.2. The molecule has 0 radical (unpaired) electrons. The summed E-state index contributed by atoms with van der Waals surface area (Å²) in [6, 6.07) is 4.26. The molecule has 7 heteroatoms. The lowest BCUT2D eigenvalue weighted by molar-refractivity contribution is 0.102. The predicted octanol–water partition coefficient (Wildman–Crippen LogP) is 3.27. The molecule has 0 unspecified atom stereocenters. The van der Waals surface area contributed by atoms with Crippen molar-refractivity contribution in [3.8, 4) is 5.75 Å². The molecule has 0 saturated carbocycles. The number of carbonyl (C=O) groups excluding carboxylic acids is 1. The molecule has 2 rings (SSSR count). The summed E-state index contributed by atoms with van der Waals surface area (Å²) in [6.45, 7) is 4.01. The van der Waals surface area contributed by atoms with Crippen molar-refractivity contribution in [3.63, 3.8) is 0 Å². The van der Waals surface area contributed by atoms with Gasteiger partial charge in [0.15, 0.2) is 0 Å². The molecule has 0 atom stereocenters. The Kier molecular flexibility index (Phi) is 4.01. The maximum Gasteiger partial charge on any atom is 0.257 e. The monoisotopic (exact) mass is 297 g/mol. The van der Waals surface area contributed by atoms with Crippen molar-refractivity contribution in [3.05, 3.63) is 33.8 Å². The number of carbonyl (C=O) groups is 1. The summed E-state index contributed by atoms with van der Waals surface area (Å²) in [7, 11) is 0. The van der Waals surface area contributed by atoms with Crippen LogP contribution in [0.3, 0.4) is 0 Å². The number of phenols is 1. The molecule has 0 fully saturated rings. The van der Waals surface area contributed by atoms with Crippen molar-refractivity contribution in [1.82, 2.24) is 10.2 Å². The fourth-order valence-corrected chi connectivity index (χ4v) is 2.26. The first-order valence-electron chi connectivity index (χ1n) is 5.60. The summed E-state index contributed by atoms with van der Waals surface area (Å²) in [6.07, 6.45) is 0. The van der Waals surface area contributed by atoms with Crippen LogP contribution in [0.25, 0.3) is 0 Å². The van der Waals surface area contributed by atoms with Gasteiger partial charge >= 0.3 is 0 Å². The van der Waals surface area contributed by atoms with Crippen molar-refractivity contribution in [2.75, 3.05) is 5.32 Å². The van der Waals surface area contributed by atoms with Crippen LogP contribution in [0, 0.1) is 0 Å². The first-order valence-corrected chi connectivity index (χ1v) is 6.80. The van der Waals surface area contributed by atoms with Gasteiger partial charge in [0.25, 0.3) is 5.91 Å². The number of aromatic nitrogens is 2. The number of benzene rings is 1. The van der Waals surface area contributed by atoms with Crippen molar-refractivity contribution in [2.45, 2.75) is 19.8 Å². The van der Waals surface area contributed by atoms with E-state index in [1.54, 1.807) is 0 Å². The molecular weight excluding hydrogens is 286 g/mol. The predicted molar refractivity (Wildman–Crippen MR) is 75.1 cm³/mol. The summed E-state index contributed by atoms with van der Waals surface area (Å²) in [5.41, 5.74) is 0.351. The molecule has 0 saturated heterocycles. The third kappa shape index (κ3) is 3.21. The molecule has 0 bridgehead atoms. The van der Waals surface area contributed by atoms with Gasteiger partial charge in [-0.15, -0.1) is 10.2 Å². The highest BCUT2D eigenvalue weighted by Crippen LogP contribution is 2.25. The molecule has 0 aliphatic heterocycles. The SMILES string of the molecule is CC(C)c1nnc(NC(=O)c2ccc(O)c(Cl)c2)s1. The van der Waals surface area contributed by atoms with E-state index in [1.165, 1.54) is 29.5 Å². The van der Waals surface area contributed by atoms with E-state index < -0.39 is 0 Å². The number of phenolic OH excluding ortho intramolecular Hbond substituents is 1. The Balaban J connectivity index is 2.13. The summed E-state index contributed by atoms with van der Waals surface area (Å²) in [5, 5.41) is 21.3. The molecular formula is C12H12ClN3O2S. The summed E-state index contributed by atoms with van der Waals surface area (Å²) in [5.74, 6) is -0.129. The van der Waals surface area contributed by atoms with Gasteiger partial charge < -0.3 is 5.11 Å². The van der Waals surface area contributed by atoms with Gasteiger partial charge in [-0.25, -0.2) is 0 Å². The Bertz CT molecular complexity index is 613. The summed E-state index contributed by atoms with van der Waals surface area (Å²) in [4.78, 5) is 11.9. The van der Waals surface area contributed by atoms with Crippen molar-refractivity contribution in [2.24, 2.45) is 0 Å². The van der Waals surface area contributed by atoms with Gasteiger partial charge in [-0.3, -0.25) is 10.1 Å². The molecule has 1 heterocycles. The molecule has 19 heavy (non-hydrogen) atoms. The van der Waals surface area contributed by atoms with E-state index in [9.17, 15) is 9.90 Å². The average molecular weight is 298 g/mol. The third-order valence-electron chi connectivity index (χ3n) is 2.36. The van der Waals surface area contributed by atoms with Gasteiger partial charge in [0.05, 0.1) is 5.02 Å². The van der Waals surface area contributed by atoms with E-state index in [2.05, 4.69) is 15.5 Å². The normalized spacial score (nSPS) is 10.7. The third-order valence-corrected chi connectivity index (χ3v) is 3.81. The zero-order chi connectivity index (χ0) is 14.0. The van der Waals surface area contributed by atoms with Crippen LogP contribution in [0.15, 0.2) is 18.2 Å². The number of halogens is 1. The molecule has 2 N–H and O–H groups in total. The van der Waals surface area contributed by atoms with E-state index in [-0.39, 0.29) is 22.6 Å². The second kappa shape index (κ2) is 5.54. The number of rotatable bonds is 3. The molecule has 0 spiro atoms. The minimum atomic E-state index is -0.339. The molecule has 1 aromatic heterocycles. The fraction of sp³-hybridized carbons (Fsp3) is 0.250. The molecule has 0 aliphatic carbocycles. The Morgan fingerprint density at radius 1 is 1.42 bits per heavy atom. The Morgan fingerprint density at radius 2 is 2.16 bits per heavy atom. The second-order valence-electron chi connectivity index (χ2n) is 4.22. The van der Waals surface area contributed by atoms with Gasteiger partial charge in [-0.05, 0) is 18.2 Å². The summed E-state index contributed by atoms with van der Waals surface area (Å²) < 4.78 is 0. The quantitative estimate of drug-likeness (QED) is 0.911. The standard InChI is InChI=1S/C12H12ClN3O2S/c1-6(2)11-15-16-12(19-11)14-10(18)7-3-4-9(17)8(13)5-7/h3-6,17H,1-2H3,(H,14,16,18). The van der Waals surface area contributed by atoms with Crippen LogP contribution >= 0.6 is 22.9 Å². The van der Waals surface area contributed by atoms with Crippen molar-refractivity contribution < 1.29 is 9.90 Å². The topological polar surface area (TPSA) is 75.1 Å². The van der Waals surface area contributed by atoms with Crippen LogP contribution in [-0.4, -0.2) is 21.2 Å². The zero-order valence-electron chi connectivity index (χ0n) is 10.3. The van der Waals surface area contributed by atoms with E-state index >= 15 is 0 Å². The number of amides is 1. The molecule has 5 nitrogen and oxygen atoms in total. The minimum absolute atomic E-state index is 0.0591. The lowest BCUT2D eigenvalue weighted by Crippen LogP contribution is -2.11. The first kappa shape index (κ1) is 13.8. The van der Waals surface area contributed by atoms with Gasteiger partial charge in [-0.2, -0.15) is 0 Å². The number of nitrogens with zero attached hydrogens (tertiary/aromatic N) is 2.